The van der Waals surface area contributed by atoms with E-state index in [-0.39, 0.29) is 11.6 Å². The number of nitrogens with zero attached hydrogens (tertiary/aromatic N) is 4. The van der Waals surface area contributed by atoms with Gasteiger partial charge in [-0.1, -0.05) is 26.0 Å². The molecule has 8 nitrogen and oxygen atoms in total. The Morgan fingerprint density at radius 1 is 1.46 bits per heavy atom. The predicted octanol–water partition coefficient (Wildman–Crippen LogP) is 2.38. The molecule has 1 aromatic carbocycles. The lowest BCUT2D eigenvalue weighted by Crippen LogP contribution is -2.43. The lowest BCUT2D eigenvalue weighted by Gasteiger charge is -2.23. The summed E-state index contributed by atoms with van der Waals surface area (Å²) in [7, 11) is 1.47. The van der Waals surface area contributed by atoms with Gasteiger partial charge >= 0.3 is 11.7 Å². The summed E-state index contributed by atoms with van der Waals surface area (Å²) in [5.41, 5.74) is 7.31. The molecule has 0 fully saturated rings. The summed E-state index contributed by atoms with van der Waals surface area (Å²) in [6, 6.07) is 7.45. The number of hydrogen-bond acceptors (Lipinski definition) is 6. The molecule has 1 aromatic heterocycles. The molecule has 2 aromatic rings. The second-order valence-electron chi connectivity index (χ2n) is 5.95. The van der Waals surface area contributed by atoms with Gasteiger partial charge in [0.05, 0.1) is 7.05 Å². The van der Waals surface area contributed by atoms with Crippen LogP contribution in [0.15, 0.2) is 35.5 Å². The van der Waals surface area contributed by atoms with E-state index in [1.54, 1.807) is 12.1 Å². The van der Waals surface area contributed by atoms with Crippen molar-refractivity contribution in [2.75, 3.05) is 0 Å². The van der Waals surface area contributed by atoms with Crippen molar-refractivity contribution in [1.82, 2.24) is 9.55 Å². The first-order valence-electron chi connectivity index (χ1n) is 7.48. The van der Waals surface area contributed by atoms with Crippen LogP contribution in [0, 0.1) is 16.0 Å². The molecule has 0 aliphatic heterocycles. The first kappa shape index (κ1) is 17.6. The normalized spacial score (nSPS) is 13.5. The van der Waals surface area contributed by atoms with Crippen molar-refractivity contribution >= 4 is 12.5 Å². The maximum atomic E-state index is 11.0. The molecule has 0 aliphatic carbocycles. The highest BCUT2D eigenvalue weighted by Crippen LogP contribution is 2.26. The molecule has 8 heteroatoms. The van der Waals surface area contributed by atoms with E-state index >= 15 is 0 Å². The molecule has 24 heavy (non-hydrogen) atoms. The van der Waals surface area contributed by atoms with Gasteiger partial charge in [0, 0.05) is 0 Å². The number of nitro groups is 1. The molecule has 0 spiro atoms. The molecule has 0 amide bonds. The maximum absolute atomic E-state index is 11.0. The molecule has 0 saturated carbocycles. The minimum atomic E-state index is -1.72. The molecular formula is C16H21N5O3. The standard InChI is InChI=1S/C16H21N5O3/c1-11(2)9-12-5-7-13(8-6-12)24-16(17,18-3)15-19-10-14(20(15)4)21(22)23/h5-8,10-11H,3,9,17H2,1-2,4H3. The third kappa shape index (κ3) is 3.60. The van der Waals surface area contributed by atoms with E-state index in [9.17, 15) is 10.1 Å². The third-order valence-electron chi connectivity index (χ3n) is 3.55. The van der Waals surface area contributed by atoms with Gasteiger partial charge in [-0.3, -0.25) is 5.73 Å². The Bertz CT molecular complexity index is 739. The Kier molecular flexibility index (Phi) is 4.99. The number of rotatable bonds is 7. The van der Waals surface area contributed by atoms with Crippen LogP contribution < -0.4 is 10.5 Å². The molecule has 1 heterocycles. The Balaban J connectivity index is 2.27. The number of ether oxygens (including phenoxy) is 1. The molecule has 0 radical (unpaired) electrons. The summed E-state index contributed by atoms with van der Waals surface area (Å²) >= 11 is 0. The second-order valence-corrected chi connectivity index (χ2v) is 5.95. The lowest BCUT2D eigenvalue weighted by molar-refractivity contribution is -0.392. The average Bonchev–Trinajstić information content (AvgIpc) is 2.91. The molecule has 0 aliphatic rings. The van der Waals surface area contributed by atoms with E-state index in [0.717, 1.165) is 12.6 Å². The van der Waals surface area contributed by atoms with Gasteiger partial charge in [0.1, 0.15) is 11.9 Å². The molecular weight excluding hydrogens is 310 g/mol. The van der Waals surface area contributed by atoms with Crippen molar-refractivity contribution < 1.29 is 9.66 Å². The van der Waals surface area contributed by atoms with Crippen LogP contribution in [0.5, 0.6) is 5.75 Å². The lowest BCUT2D eigenvalue weighted by atomic mass is 10.0. The van der Waals surface area contributed by atoms with Crippen molar-refractivity contribution in [1.29, 1.82) is 0 Å². The average molecular weight is 331 g/mol. The smallest absolute Gasteiger partial charge is 0.342 e. The summed E-state index contributed by atoms with van der Waals surface area (Å²) < 4.78 is 6.94. The first-order valence-corrected chi connectivity index (χ1v) is 7.48. The number of imidazole rings is 1. The summed E-state index contributed by atoms with van der Waals surface area (Å²) in [6.07, 6.45) is 2.07. The zero-order valence-electron chi connectivity index (χ0n) is 14.0. The van der Waals surface area contributed by atoms with Crippen molar-refractivity contribution in [3.63, 3.8) is 0 Å². The fraction of sp³-hybridized carbons (Fsp3) is 0.375. The molecule has 2 N–H and O–H groups in total. The first-order chi connectivity index (χ1) is 11.3. The van der Waals surface area contributed by atoms with Gasteiger partial charge in [0.15, 0.2) is 0 Å². The zero-order valence-corrected chi connectivity index (χ0v) is 14.0. The van der Waals surface area contributed by atoms with Gasteiger partial charge in [-0.2, -0.15) is 0 Å². The van der Waals surface area contributed by atoms with Crippen LogP contribution in [0.3, 0.4) is 0 Å². The number of aliphatic imine (C=N–C) groups is 1. The third-order valence-corrected chi connectivity index (χ3v) is 3.55. The fourth-order valence-electron chi connectivity index (χ4n) is 2.40. The monoisotopic (exact) mass is 331 g/mol. The second kappa shape index (κ2) is 6.79. The number of aromatic nitrogens is 2. The topological polar surface area (TPSA) is 109 Å². The van der Waals surface area contributed by atoms with E-state index < -0.39 is 10.8 Å². The van der Waals surface area contributed by atoms with Gasteiger partial charge in [-0.25, -0.2) is 14.5 Å². The fourth-order valence-corrected chi connectivity index (χ4v) is 2.40. The highest BCUT2D eigenvalue weighted by atomic mass is 16.6. The molecule has 0 bridgehead atoms. The van der Waals surface area contributed by atoms with Gasteiger partial charge in [0.25, 0.3) is 5.82 Å². The van der Waals surface area contributed by atoms with Gasteiger partial charge in [-0.15, -0.1) is 0 Å². The molecule has 0 saturated heterocycles. The van der Waals surface area contributed by atoms with Crippen LogP contribution in [-0.2, 0) is 19.3 Å². The van der Waals surface area contributed by atoms with Gasteiger partial charge < -0.3 is 14.9 Å². The van der Waals surface area contributed by atoms with E-state index in [1.165, 1.54) is 17.2 Å². The SMILES string of the molecule is C=NC(N)(Oc1ccc(CC(C)C)cc1)c1ncc([N+](=O)[O-])n1C. The summed E-state index contributed by atoms with van der Waals surface area (Å²) in [4.78, 5) is 18.2. The summed E-state index contributed by atoms with van der Waals surface area (Å²) in [5.74, 6) is -0.811. The highest BCUT2D eigenvalue weighted by molar-refractivity contribution is 5.32. The van der Waals surface area contributed by atoms with Crippen molar-refractivity contribution in [2.45, 2.75) is 26.1 Å². The number of benzene rings is 1. The Morgan fingerprint density at radius 3 is 2.54 bits per heavy atom. The Morgan fingerprint density at radius 2 is 2.08 bits per heavy atom. The minimum absolute atomic E-state index is 0.0930. The predicted molar refractivity (Wildman–Crippen MR) is 90.9 cm³/mol. The van der Waals surface area contributed by atoms with Crippen LogP contribution in [-0.4, -0.2) is 21.2 Å². The van der Waals surface area contributed by atoms with Crippen molar-refractivity contribution in [3.8, 4) is 5.75 Å². The molecule has 128 valence electrons. The Labute approximate surface area is 140 Å². The highest BCUT2D eigenvalue weighted by Gasteiger charge is 2.38. The Hall–Kier alpha value is -2.74. The maximum Gasteiger partial charge on any atom is 0.342 e. The largest absolute Gasteiger partial charge is 0.445 e. The van der Waals surface area contributed by atoms with Crippen molar-refractivity contribution in [2.24, 2.45) is 23.7 Å². The molecule has 1 atom stereocenters. The quantitative estimate of drug-likeness (QED) is 0.362. The minimum Gasteiger partial charge on any atom is -0.445 e. The van der Waals surface area contributed by atoms with Crippen LogP contribution in [0.1, 0.15) is 25.2 Å². The summed E-state index contributed by atoms with van der Waals surface area (Å²) in [6.45, 7) is 7.72. The van der Waals surface area contributed by atoms with E-state index in [1.807, 2.05) is 12.1 Å². The van der Waals surface area contributed by atoms with Gasteiger partial charge in [0.2, 0.25) is 0 Å². The van der Waals surface area contributed by atoms with Crippen molar-refractivity contribution in [3.05, 3.63) is 52.0 Å². The number of hydrogen-bond donors (Lipinski definition) is 1. The van der Waals surface area contributed by atoms with Gasteiger partial charge in [-0.05, 0) is 41.7 Å². The van der Waals surface area contributed by atoms with E-state index in [4.69, 9.17) is 10.5 Å². The summed E-state index contributed by atoms with van der Waals surface area (Å²) in [5, 5.41) is 11.0. The molecule has 1 unspecified atom stereocenters. The van der Waals surface area contributed by atoms with Crippen LogP contribution >= 0.6 is 0 Å². The molecule has 2 rings (SSSR count). The van der Waals surface area contributed by atoms with Crippen LogP contribution in [0.2, 0.25) is 0 Å². The van der Waals surface area contributed by atoms with Crippen LogP contribution in [0.4, 0.5) is 5.82 Å². The number of nitrogens with two attached hydrogens (primary N) is 1. The van der Waals surface area contributed by atoms with E-state index in [2.05, 4.69) is 30.5 Å². The zero-order chi connectivity index (χ0) is 17.9. The van der Waals surface area contributed by atoms with E-state index in [0.29, 0.717) is 11.7 Å². The van der Waals surface area contributed by atoms with Crippen LogP contribution in [0.25, 0.3) is 0 Å².